The molecule has 2 aromatic rings. The minimum Gasteiger partial charge on any atom is -0.361 e. The van der Waals surface area contributed by atoms with E-state index < -0.39 is 12.1 Å². The van der Waals surface area contributed by atoms with Crippen LogP contribution in [0.15, 0.2) is 48.5 Å². The maximum Gasteiger partial charge on any atom is 0.252 e. The van der Waals surface area contributed by atoms with Crippen LogP contribution in [-0.4, -0.2) is 41.0 Å². The van der Waals surface area contributed by atoms with Gasteiger partial charge in [-0.2, -0.15) is 0 Å². The molecule has 146 valence electrons. The number of ether oxygens (including phenoxy) is 1. The number of nitrogens with zero attached hydrogens (tertiary/aromatic N) is 2. The Balaban J connectivity index is 1.63. The molecule has 2 heterocycles. The fourth-order valence-electron chi connectivity index (χ4n) is 4.09. The van der Waals surface area contributed by atoms with Crippen molar-refractivity contribution in [1.82, 2.24) is 4.90 Å². The van der Waals surface area contributed by atoms with Crippen molar-refractivity contribution < 1.29 is 18.8 Å². The molecular formula is C21H21FN2O4. The molecule has 0 radical (unpaired) electrons. The highest BCUT2D eigenvalue weighted by molar-refractivity contribution is 5.82. The lowest BCUT2D eigenvalue weighted by molar-refractivity contribution is -0.532. The van der Waals surface area contributed by atoms with Crippen molar-refractivity contribution in [2.24, 2.45) is 0 Å². The van der Waals surface area contributed by atoms with Gasteiger partial charge in [-0.15, -0.1) is 0 Å². The van der Waals surface area contributed by atoms with Crippen LogP contribution in [0.3, 0.4) is 0 Å². The van der Waals surface area contributed by atoms with Crippen LogP contribution in [-0.2, 0) is 16.0 Å². The molecule has 6 nitrogen and oxygen atoms in total. The number of amides is 1. The number of hydrogen-bond acceptors (Lipinski definition) is 4. The van der Waals surface area contributed by atoms with Crippen molar-refractivity contribution >= 4 is 5.91 Å². The Hall–Kier alpha value is -2.80. The highest BCUT2D eigenvalue weighted by atomic mass is 19.1. The van der Waals surface area contributed by atoms with Gasteiger partial charge in [0.25, 0.3) is 5.91 Å². The molecule has 1 fully saturated rings. The maximum absolute atomic E-state index is 13.4. The molecule has 0 aromatic heterocycles. The van der Waals surface area contributed by atoms with Crippen molar-refractivity contribution in [2.45, 2.75) is 37.5 Å². The van der Waals surface area contributed by atoms with Gasteiger partial charge in [0, 0.05) is 17.9 Å². The lowest BCUT2D eigenvalue weighted by Crippen LogP contribution is -2.49. The van der Waals surface area contributed by atoms with Crippen LogP contribution in [0.4, 0.5) is 4.39 Å². The van der Waals surface area contributed by atoms with Crippen LogP contribution in [0.5, 0.6) is 0 Å². The summed E-state index contributed by atoms with van der Waals surface area (Å²) in [5.41, 5.74) is 3.02. The van der Waals surface area contributed by atoms with E-state index in [1.807, 2.05) is 24.3 Å². The van der Waals surface area contributed by atoms with E-state index in [1.54, 1.807) is 17.0 Å². The van der Waals surface area contributed by atoms with Crippen LogP contribution in [0.2, 0.25) is 0 Å². The predicted octanol–water partition coefficient (Wildman–Crippen LogP) is 3.12. The Morgan fingerprint density at radius 2 is 1.89 bits per heavy atom. The third-order valence-corrected chi connectivity index (χ3v) is 5.58. The lowest BCUT2D eigenvalue weighted by atomic mass is 9.87. The van der Waals surface area contributed by atoms with E-state index in [-0.39, 0.29) is 29.3 Å². The summed E-state index contributed by atoms with van der Waals surface area (Å²) >= 11 is 0. The third-order valence-electron chi connectivity index (χ3n) is 5.58. The van der Waals surface area contributed by atoms with Gasteiger partial charge < -0.3 is 9.64 Å². The lowest BCUT2D eigenvalue weighted by Gasteiger charge is -2.40. The third kappa shape index (κ3) is 3.49. The zero-order valence-electron chi connectivity index (χ0n) is 15.3. The molecule has 0 spiro atoms. The number of halogens is 1. The van der Waals surface area contributed by atoms with Crippen LogP contribution < -0.4 is 0 Å². The molecule has 0 saturated carbocycles. The van der Waals surface area contributed by atoms with Gasteiger partial charge in [0.05, 0.1) is 6.04 Å². The second-order valence-corrected chi connectivity index (χ2v) is 7.27. The van der Waals surface area contributed by atoms with E-state index in [2.05, 4.69) is 0 Å². The quantitative estimate of drug-likeness (QED) is 0.602. The molecule has 1 saturated heterocycles. The molecular weight excluding hydrogens is 363 g/mol. The molecule has 4 rings (SSSR count). The molecule has 0 aliphatic carbocycles. The number of rotatable bonds is 3. The molecule has 3 atom stereocenters. The minimum absolute atomic E-state index is 0.0466. The fourth-order valence-corrected chi connectivity index (χ4v) is 4.09. The van der Waals surface area contributed by atoms with Crippen LogP contribution in [0, 0.1) is 15.9 Å². The van der Waals surface area contributed by atoms with Crippen LogP contribution >= 0.6 is 0 Å². The first-order valence-electron chi connectivity index (χ1n) is 9.43. The van der Waals surface area contributed by atoms with E-state index in [0.29, 0.717) is 19.4 Å². The monoisotopic (exact) mass is 384 g/mol. The first-order chi connectivity index (χ1) is 13.5. The zero-order chi connectivity index (χ0) is 19.7. The van der Waals surface area contributed by atoms with Crippen molar-refractivity contribution in [3.8, 4) is 0 Å². The van der Waals surface area contributed by atoms with Gasteiger partial charge in [-0.25, -0.2) is 4.39 Å². The number of fused-ring (bicyclic) bond motifs is 1. The Morgan fingerprint density at radius 3 is 2.57 bits per heavy atom. The average Bonchev–Trinajstić information content (AvgIpc) is 2.73. The standard InChI is InChI=1S/C21H21FN2O4/c22-16-7-5-15(6-8-16)20-18-4-2-1-3-14(18)11-12-23(20)21(25)19-10-9-17(13-28-19)24(26)27/h1-8,17,19-20H,9-13H2/t17-,19-,20-/m0/s1. The highest BCUT2D eigenvalue weighted by Crippen LogP contribution is 2.36. The summed E-state index contributed by atoms with van der Waals surface area (Å²) in [6.45, 7) is 0.478. The average molecular weight is 384 g/mol. The fraction of sp³-hybridized carbons (Fsp3) is 0.381. The SMILES string of the molecule is O=C([C@@H]1CC[C@H]([N+](=O)[O-])CO1)N1CCc2ccccc2[C@@H]1c1ccc(F)cc1. The smallest absolute Gasteiger partial charge is 0.252 e. The van der Waals surface area contributed by atoms with Gasteiger partial charge in [-0.05, 0) is 41.7 Å². The molecule has 2 aliphatic heterocycles. The Kier molecular flexibility index (Phi) is 5.09. The van der Waals surface area contributed by atoms with Gasteiger partial charge in [-0.1, -0.05) is 36.4 Å². The van der Waals surface area contributed by atoms with E-state index in [4.69, 9.17) is 4.74 Å². The Labute approximate surface area is 162 Å². The van der Waals surface area contributed by atoms with Crippen LogP contribution in [0.25, 0.3) is 0 Å². The first-order valence-corrected chi connectivity index (χ1v) is 9.43. The largest absolute Gasteiger partial charge is 0.361 e. The van der Waals surface area contributed by atoms with Crippen molar-refractivity contribution in [2.75, 3.05) is 13.2 Å². The minimum atomic E-state index is -0.751. The normalized spacial score (nSPS) is 24.5. The van der Waals surface area contributed by atoms with Gasteiger partial charge in [0.15, 0.2) is 0 Å². The summed E-state index contributed by atoms with van der Waals surface area (Å²) in [6, 6.07) is 13.1. The molecule has 1 amide bonds. The molecule has 0 N–H and O–H groups in total. The van der Waals surface area contributed by atoms with Crippen LogP contribution in [0.1, 0.15) is 35.6 Å². The topological polar surface area (TPSA) is 72.7 Å². The van der Waals surface area contributed by atoms with Gasteiger partial charge in [0.1, 0.15) is 18.5 Å². The van der Waals surface area contributed by atoms with Gasteiger partial charge >= 0.3 is 0 Å². The number of carbonyl (C=O) groups is 1. The number of carbonyl (C=O) groups excluding carboxylic acids is 1. The second-order valence-electron chi connectivity index (χ2n) is 7.27. The molecule has 0 unspecified atom stereocenters. The number of hydrogen-bond donors (Lipinski definition) is 0. The zero-order valence-corrected chi connectivity index (χ0v) is 15.3. The van der Waals surface area contributed by atoms with E-state index >= 15 is 0 Å². The summed E-state index contributed by atoms with van der Waals surface area (Å²) in [7, 11) is 0. The summed E-state index contributed by atoms with van der Waals surface area (Å²) in [6.07, 6.45) is 0.710. The molecule has 0 bridgehead atoms. The van der Waals surface area contributed by atoms with Crippen molar-refractivity contribution in [1.29, 1.82) is 0 Å². The van der Waals surface area contributed by atoms with E-state index in [9.17, 15) is 19.3 Å². The van der Waals surface area contributed by atoms with E-state index in [1.165, 1.54) is 17.7 Å². The highest BCUT2D eigenvalue weighted by Gasteiger charge is 2.39. The second kappa shape index (κ2) is 7.67. The van der Waals surface area contributed by atoms with Crippen molar-refractivity contribution in [3.05, 3.63) is 81.2 Å². The molecule has 7 heteroatoms. The Morgan fingerprint density at radius 1 is 1.14 bits per heavy atom. The molecule has 2 aromatic carbocycles. The summed E-state index contributed by atoms with van der Waals surface area (Å²) in [5.74, 6) is -0.488. The number of benzene rings is 2. The predicted molar refractivity (Wildman–Crippen MR) is 99.9 cm³/mol. The molecule has 2 aliphatic rings. The van der Waals surface area contributed by atoms with Gasteiger partial charge in [0.2, 0.25) is 6.04 Å². The number of nitro groups is 1. The summed E-state index contributed by atoms with van der Waals surface area (Å²) < 4.78 is 19.0. The summed E-state index contributed by atoms with van der Waals surface area (Å²) in [5, 5.41) is 10.9. The Bertz CT molecular complexity index is 878. The van der Waals surface area contributed by atoms with Gasteiger partial charge in [-0.3, -0.25) is 14.9 Å². The summed E-state index contributed by atoms with van der Waals surface area (Å²) in [4.78, 5) is 25.6. The van der Waals surface area contributed by atoms with Crippen molar-refractivity contribution in [3.63, 3.8) is 0 Å². The van der Waals surface area contributed by atoms with E-state index in [0.717, 1.165) is 17.5 Å². The molecule has 28 heavy (non-hydrogen) atoms. The first kappa shape index (κ1) is 18.6. The maximum atomic E-state index is 13.4.